The van der Waals surface area contributed by atoms with Crippen molar-refractivity contribution in [3.63, 3.8) is 0 Å². The first kappa shape index (κ1) is 23.5. The van der Waals surface area contributed by atoms with Gasteiger partial charge in [-0.25, -0.2) is 9.59 Å². The average molecular weight is 424 g/mol. The normalized spacial score (nSPS) is 9.90. The van der Waals surface area contributed by atoms with Gasteiger partial charge in [0.15, 0.2) is 0 Å². The van der Waals surface area contributed by atoms with E-state index in [4.69, 9.17) is 4.42 Å². The van der Waals surface area contributed by atoms with Crippen LogP contribution in [0.1, 0.15) is 15.9 Å². The van der Waals surface area contributed by atoms with Crippen LogP contribution in [0.2, 0.25) is 0 Å². The van der Waals surface area contributed by atoms with Gasteiger partial charge in [-0.15, -0.1) is 10.2 Å². The molecule has 0 unspecified atom stereocenters. The van der Waals surface area contributed by atoms with E-state index in [1.54, 1.807) is 31.4 Å². The summed E-state index contributed by atoms with van der Waals surface area (Å²) in [5.41, 5.74) is 3.26. The van der Waals surface area contributed by atoms with Crippen molar-refractivity contribution in [2.45, 2.75) is 6.92 Å². The molecule has 0 saturated carbocycles. The fourth-order valence-electron chi connectivity index (χ4n) is 2.30. The Bertz CT molecular complexity index is 994. The van der Waals surface area contributed by atoms with Crippen LogP contribution in [0.5, 0.6) is 0 Å². The van der Waals surface area contributed by atoms with Gasteiger partial charge in [0.1, 0.15) is 6.61 Å². The molecule has 1 heterocycles. The number of esters is 2. The van der Waals surface area contributed by atoms with Crippen molar-refractivity contribution in [2.75, 3.05) is 27.4 Å². The third-order valence-corrected chi connectivity index (χ3v) is 3.97. The molecule has 3 rings (SSSR count). The maximum absolute atomic E-state index is 11.4. The number of nitrogens with zero attached hydrogens (tertiary/aromatic N) is 2. The van der Waals surface area contributed by atoms with Crippen molar-refractivity contribution >= 4 is 11.9 Å². The average Bonchev–Trinajstić information content (AvgIpc) is 3.30. The van der Waals surface area contributed by atoms with Crippen LogP contribution in [0.3, 0.4) is 0 Å². The largest absolute Gasteiger partial charge is 0.465 e. The third kappa shape index (κ3) is 7.20. The van der Waals surface area contributed by atoms with Crippen LogP contribution in [-0.2, 0) is 19.0 Å². The van der Waals surface area contributed by atoms with Crippen LogP contribution >= 0.6 is 0 Å². The lowest BCUT2D eigenvalue weighted by Crippen LogP contribution is -2.06. The second-order valence-corrected chi connectivity index (χ2v) is 6.21. The quantitative estimate of drug-likeness (QED) is 0.320. The minimum atomic E-state index is -0.410. The fourth-order valence-corrected chi connectivity index (χ4v) is 2.30. The van der Waals surface area contributed by atoms with Gasteiger partial charge in [-0.1, -0.05) is 24.3 Å². The van der Waals surface area contributed by atoms with Crippen LogP contribution in [-0.4, -0.2) is 49.6 Å². The molecule has 3 aromatic rings. The van der Waals surface area contributed by atoms with Crippen LogP contribution in [0.15, 0.2) is 65.6 Å². The highest BCUT2D eigenvalue weighted by atomic mass is 16.6. The van der Waals surface area contributed by atoms with Crippen molar-refractivity contribution in [3.8, 4) is 22.9 Å². The van der Waals surface area contributed by atoms with Crippen molar-refractivity contribution < 1.29 is 28.2 Å². The summed E-state index contributed by atoms with van der Waals surface area (Å²) >= 11 is 0. The maximum atomic E-state index is 11.4. The molecular formula is C23H24N2O6. The standard InChI is InChI=1S/C17H14N2O3.C6H10O3/c1-11-3-5-12(6-4-11)15-18-19-16(22-15)13-7-9-14(10-8-13)17(20)21-2;1-3-6(7)9-5-4-8-2/h3-10H,1-2H3;3H,1,4-5H2,2H3. The molecule has 0 radical (unpaired) electrons. The van der Waals surface area contributed by atoms with Gasteiger partial charge in [0.2, 0.25) is 11.8 Å². The van der Waals surface area contributed by atoms with E-state index in [1.165, 1.54) is 12.7 Å². The van der Waals surface area contributed by atoms with Crippen LogP contribution in [0.4, 0.5) is 0 Å². The number of benzene rings is 2. The zero-order valence-corrected chi connectivity index (χ0v) is 17.7. The molecule has 2 aromatic carbocycles. The number of carbonyl (C=O) groups is 2. The SMILES string of the molecule is C=CC(=O)OCCOC.COC(=O)c1ccc(-c2nnc(-c3ccc(C)cc3)o2)cc1. The highest BCUT2D eigenvalue weighted by Crippen LogP contribution is 2.24. The Labute approximate surface area is 180 Å². The summed E-state index contributed by atoms with van der Waals surface area (Å²) in [4.78, 5) is 21.7. The van der Waals surface area contributed by atoms with E-state index in [1.807, 2.05) is 31.2 Å². The van der Waals surface area contributed by atoms with E-state index in [0.717, 1.165) is 17.2 Å². The lowest BCUT2D eigenvalue weighted by Gasteiger charge is -1.99. The summed E-state index contributed by atoms with van der Waals surface area (Å²) in [6.45, 7) is 5.97. The molecule has 0 aliphatic rings. The minimum Gasteiger partial charge on any atom is -0.465 e. The van der Waals surface area contributed by atoms with E-state index >= 15 is 0 Å². The fraction of sp³-hybridized carbons (Fsp3) is 0.217. The summed E-state index contributed by atoms with van der Waals surface area (Å²) < 4.78 is 19.5. The van der Waals surface area contributed by atoms with Gasteiger partial charge in [-0.3, -0.25) is 0 Å². The topological polar surface area (TPSA) is 101 Å². The zero-order chi connectivity index (χ0) is 22.6. The van der Waals surface area contributed by atoms with Gasteiger partial charge in [-0.2, -0.15) is 0 Å². The second kappa shape index (κ2) is 12.0. The van der Waals surface area contributed by atoms with Gasteiger partial charge in [0.05, 0.1) is 19.3 Å². The molecule has 0 fully saturated rings. The lowest BCUT2D eigenvalue weighted by molar-refractivity contribution is -0.138. The summed E-state index contributed by atoms with van der Waals surface area (Å²) in [7, 11) is 2.89. The Hall–Kier alpha value is -3.78. The Morgan fingerprint density at radius 1 is 0.935 bits per heavy atom. The van der Waals surface area contributed by atoms with Gasteiger partial charge in [0, 0.05) is 24.3 Å². The van der Waals surface area contributed by atoms with Gasteiger partial charge in [-0.05, 0) is 43.3 Å². The molecule has 162 valence electrons. The van der Waals surface area contributed by atoms with Crippen molar-refractivity contribution in [2.24, 2.45) is 0 Å². The molecule has 0 bridgehead atoms. The summed E-state index contributed by atoms with van der Waals surface area (Å²) in [6, 6.07) is 14.7. The van der Waals surface area contributed by atoms with E-state index in [0.29, 0.717) is 30.6 Å². The minimum absolute atomic E-state index is 0.293. The molecule has 0 aliphatic carbocycles. The molecular weight excluding hydrogens is 400 g/mol. The number of carbonyl (C=O) groups excluding carboxylic acids is 2. The van der Waals surface area contributed by atoms with Crippen molar-refractivity contribution in [1.82, 2.24) is 10.2 Å². The Morgan fingerprint density at radius 2 is 1.48 bits per heavy atom. The maximum Gasteiger partial charge on any atom is 0.337 e. The predicted molar refractivity (Wildman–Crippen MR) is 114 cm³/mol. The Balaban J connectivity index is 0.000000323. The van der Waals surface area contributed by atoms with E-state index in [2.05, 4.69) is 31.0 Å². The molecule has 8 nitrogen and oxygen atoms in total. The Morgan fingerprint density at radius 3 is 1.97 bits per heavy atom. The smallest absolute Gasteiger partial charge is 0.337 e. The van der Waals surface area contributed by atoms with Crippen LogP contribution in [0, 0.1) is 6.92 Å². The molecule has 0 aliphatic heterocycles. The van der Waals surface area contributed by atoms with Crippen molar-refractivity contribution in [1.29, 1.82) is 0 Å². The number of rotatable bonds is 7. The molecule has 31 heavy (non-hydrogen) atoms. The van der Waals surface area contributed by atoms with E-state index < -0.39 is 5.97 Å². The molecule has 0 atom stereocenters. The number of ether oxygens (including phenoxy) is 3. The molecule has 1 aromatic heterocycles. The zero-order valence-electron chi connectivity index (χ0n) is 17.7. The first-order valence-corrected chi connectivity index (χ1v) is 9.36. The molecule has 0 amide bonds. The number of hydrogen-bond donors (Lipinski definition) is 0. The van der Waals surface area contributed by atoms with Crippen LogP contribution in [0.25, 0.3) is 22.9 Å². The molecule has 0 N–H and O–H groups in total. The van der Waals surface area contributed by atoms with Crippen LogP contribution < -0.4 is 0 Å². The van der Waals surface area contributed by atoms with Crippen molar-refractivity contribution in [3.05, 3.63) is 72.3 Å². The molecule has 0 saturated heterocycles. The first-order chi connectivity index (χ1) is 15.0. The number of aromatic nitrogens is 2. The monoisotopic (exact) mass is 424 g/mol. The summed E-state index contributed by atoms with van der Waals surface area (Å²) in [5.74, 6) is 0.0866. The highest BCUT2D eigenvalue weighted by Gasteiger charge is 2.11. The summed E-state index contributed by atoms with van der Waals surface area (Å²) in [5, 5.41) is 8.10. The molecule has 0 spiro atoms. The first-order valence-electron chi connectivity index (χ1n) is 9.36. The third-order valence-electron chi connectivity index (χ3n) is 3.97. The molecule has 8 heteroatoms. The Kier molecular flexibility index (Phi) is 9.13. The van der Waals surface area contributed by atoms with Gasteiger partial charge < -0.3 is 18.6 Å². The predicted octanol–water partition coefficient (Wildman–Crippen LogP) is 3.86. The van der Waals surface area contributed by atoms with Gasteiger partial charge >= 0.3 is 11.9 Å². The van der Waals surface area contributed by atoms with Gasteiger partial charge in [0.25, 0.3) is 0 Å². The second-order valence-electron chi connectivity index (χ2n) is 6.21. The highest BCUT2D eigenvalue weighted by molar-refractivity contribution is 5.89. The number of methoxy groups -OCH3 is 2. The van der Waals surface area contributed by atoms with E-state index in [-0.39, 0.29) is 5.97 Å². The summed E-state index contributed by atoms with van der Waals surface area (Å²) in [6.07, 6.45) is 1.12. The van der Waals surface area contributed by atoms with E-state index in [9.17, 15) is 9.59 Å². The number of hydrogen-bond acceptors (Lipinski definition) is 8. The lowest BCUT2D eigenvalue weighted by atomic mass is 10.1. The number of aryl methyl sites for hydroxylation is 1.